The molecular formula is C20H23FN2O. The van der Waals surface area contributed by atoms with E-state index in [0.29, 0.717) is 12.1 Å². The molecule has 2 unspecified atom stereocenters. The third kappa shape index (κ3) is 3.94. The van der Waals surface area contributed by atoms with Gasteiger partial charge in [0.2, 0.25) is 5.91 Å². The second-order valence-electron chi connectivity index (χ2n) is 6.37. The highest BCUT2D eigenvalue weighted by Crippen LogP contribution is 2.48. The van der Waals surface area contributed by atoms with E-state index in [4.69, 9.17) is 0 Å². The molecule has 1 amide bonds. The Morgan fingerprint density at radius 1 is 1.17 bits per heavy atom. The van der Waals surface area contributed by atoms with Gasteiger partial charge in [-0.2, -0.15) is 0 Å². The molecule has 0 bridgehead atoms. The number of hydrogen-bond acceptors (Lipinski definition) is 2. The first-order valence-corrected chi connectivity index (χ1v) is 8.45. The van der Waals surface area contributed by atoms with Crippen LogP contribution in [0.1, 0.15) is 24.3 Å². The van der Waals surface area contributed by atoms with Crippen LogP contribution in [0.25, 0.3) is 0 Å². The van der Waals surface area contributed by atoms with E-state index in [2.05, 4.69) is 22.3 Å². The van der Waals surface area contributed by atoms with Crippen LogP contribution in [0.3, 0.4) is 0 Å². The molecule has 1 fully saturated rings. The predicted octanol–water partition coefficient (Wildman–Crippen LogP) is 3.57. The highest BCUT2D eigenvalue weighted by atomic mass is 19.1. The van der Waals surface area contributed by atoms with E-state index in [1.165, 1.54) is 11.8 Å². The van der Waals surface area contributed by atoms with Gasteiger partial charge in [-0.15, -0.1) is 0 Å². The number of anilines is 1. The van der Waals surface area contributed by atoms with Crippen molar-refractivity contribution in [2.75, 3.05) is 25.0 Å². The fourth-order valence-electron chi connectivity index (χ4n) is 3.07. The highest BCUT2D eigenvalue weighted by Gasteiger charge is 2.44. The molecule has 0 aliphatic heterocycles. The summed E-state index contributed by atoms with van der Waals surface area (Å²) >= 11 is 0. The maximum atomic E-state index is 13.7. The third-order valence-electron chi connectivity index (χ3n) is 4.60. The first-order chi connectivity index (χ1) is 11.7. The molecular weight excluding hydrogens is 303 g/mol. The lowest BCUT2D eigenvalue weighted by atomic mass is 10.1. The molecule has 3 nitrogen and oxygen atoms in total. The minimum atomic E-state index is -0.206. The number of nitrogens with one attached hydrogen (secondary N) is 1. The third-order valence-corrected chi connectivity index (χ3v) is 4.60. The van der Waals surface area contributed by atoms with Gasteiger partial charge in [-0.1, -0.05) is 36.4 Å². The number of hydrogen-bond donors (Lipinski definition) is 1. The standard InChI is InChI=1S/C20H23FN2O/c1-23(15-8-3-2-4-9-15)13-7-12-22-20(24)18-14-17(18)16-10-5-6-11-19(16)21/h2-6,8-11,17-18H,7,12-14H2,1H3,(H,22,24). The molecule has 0 heterocycles. The molecule has 2 aromatic rings. The molecule has 0 radical (unpaired) electrons. The van der Waals surface area contributed by atoms with Gasteiger partial charge in [0, 0.05) is 31.7 Å². The van der Waals surface area contributed by atoms with Gasteiger partial charge in [-0.3, -0.25) is 4.79 Å². The zero-order valence-electron chi connectivity index (χ0n) is 13.9. The van der Waals surface area contributed by atoms with Gasteiger partial charge in [0.15, 0.2) is 0 Å². The lowest BCUT2D eigenvalue weighted by molar-refractivity contribution is -0.122. The first-order valence-electron chi connectivity index (χ1n) is 8.45. The Bertz CT molecular complexity index is 689. The number of nitrogens with zero attached hydrogens (tertiary/aromatic N) is 1. The number of para-hydroxylation sites is 1. The van der Waals surface area contributed by atoms with Crippen molar-refractivity contribution in [2.24, 2.45) is 5.92 Å². The monoisotopic (exact) mass is 326 g/mol. The van der Waals surface area contributed by atoms with E-state index in [9.17, 15) is 9.18 Å². The Morgan fingerprint density at radius 2 is 1.88 bits per heavy atom. The van der Waals surface area contributed by atoms with Crippen molar-refractivity contribution in [2.45, 2.75) is 18.8 Å². The van der Waals surface area contributed by atoms with Gasteiger partial charge in [0.05, 0.1) is 0 Å². The molecule has 2 aromatic carbocycles. The number of benzene rings is 2. The van der Waals surface area contributed by atoms with E-state index in [-0.39, 0.29) is 23.6 Å². The highest BCUT2D eigenvalue weighted by molar-refractivity contribution is 5.82. The molecule has 0 spiro atoms. The summed E-state index contributed by atoms with van der Waals surface area (Å²) in [5.74, 6) is -0.195. The number of halogens is 1. The molecule has 3 rings (SSSR count). The Balaban J connectivity index is 1.39. The Kier molecular flexibility index (Phi) is 5.14. The summed E-state index contributed by atoms with van der Waals surface area (Å²) in [6.07, 6.45) is 1.63. The molecule has 1 aliphatic rings. The second-order valence-corrected chi connectivity index (χ2v) is 6.37. The normalized spacial score (nSPS) is 18.9. The van der Waals surface area contributed by atoms with Crippen LogP contribution in [0.15, 0.2) is 54.6 Å². The maximum Gasteiger partial charge on any atom is 0.223 e. The van der Waals surface area contributed by atoms with Gasteiger partial charge >= 0.3 is 0 Å². The summed E-state index contributed by atoms with van der Waals surface area (Å²) in [6.45, 7) is 1.53. The van der Waals surface area contributed by atoms with Crippen LogP contribution >= 0.6 is 0 Å². The van der Waals surface area contributed by atoms with Crippen molar-refractivity contribution in [3.8, 4) is 0 Å². The van der Waals surface area contributed by atoms with Crippen LogP contribution in [-0.2, 0) is 4.79 Å². The summed E-state index contributed by atoms with van der Waals surface area (Å²) in [4.78, 5) is 14.3. The summed E-state index contributed by atoms with van der Waals surface area (Å²) in [5.41, 5.74) is 1.84. The quantitative estimate of drug-likeness (QED) is 0.789. The number of carbonyl (C=O) groups excluding carboxylic acids is 1. The van der Waals surface area contributed by atoms with E-state index < -0.39 is 0 Å². The number of rotatable bonds is 7. The molecule has 4 heteroatoms. The second kappa shape index (κ2) is 7.47. The average molecular weight is 326 g/mol. The van der Waals surface area contributed by atoms with Gasteiger partial charge in [-0.05, 0) is 42.5 Å². The molecule has 1 aliphatic carbocycles. The van der Waals surface area contributed by atoms with E-state index in [1.807, 2.05) is 31.3 Å². The average Bonchev–Trinajstić information content (AvgIpc) is 3.40. The van der Waals surface area contributed by atoms with Crippen molar-refractivity contribution < 1.29 is 9.18 Å². The molecule has 126 valence electrons. The zero-order valence-corrected chi connectivity index (χ0v) is 13.9. The van der Waals surface area contributed by atoms with Gasteiger partial charge < -0.3 is 10.2 Å². The molecule has 1 N–H and O–H groups in total. The summed E-state index contributed by atoms with van der Waals surface area (Å²) in [5, 5.41) is 2.98. The van der Waals surface area contributed by atoms with Crippen LogP contribution in [0, 0.1) is 11.7 Å². The molecule has 1 saturated carbocycles. The fourth-order valence-corrected chi connectivity index (χ4v) is 3.07. The van der Waals surface area contributed by atoms with Crippen molar-refractivity contribution >= 4 is 11.6 Å². The maximum absolute atomic E-state index is 13.7. The van der Waals surface area contributed by atoms with E-state index in [0.717, 1.165) is 19.4 Å². The van der Waals surface area contributed by atoms with Gasteiger partial charge in [0.25, 0.3) is 0 Å². The van der Waals surface area contributed by atoms with E-state index in [1.54, 1.807) is 12.1 Å². The first kappa shape index (κ1) is 16.5. The number of amides is 1. The smallest absolute Gasteiger partial charge is 0.223 e. The van der Waals surface area contributed by atoms with Crippen molar-refractivity contribution in [1.29, 1.82) is 0 Å². The largest absolute Gasteiger partial charge is 0.375 e. The molecule has 0 aromatic heterocycles. The van der Waals surface area contributed by atoms with Crippen molar-refractivity contribution in [3.63, 3.8) is 0 Å². The molecule has 2 atom stereocenters. The topological polar surface area (TPSA) is 32.3 Å². The summed E-state index contributed by atoms with van der Waals surface area (Å²) in [6, 6.07) is 16.9. The molecule has 0 saturated heterocycles. The van der Waals surface area contributed by atoms with Crippen LogP contribution in [0.2, 0.25) is 0 Å². The fraction of sp³-hybridized carbons (Fsp3) is 0.350. The molecule has 24 heavy (non-hydrogen) atoms. The lowest BCUT2D eigenvalue weighted by Crippen LogP contribution is -2.29. The van der Waals surface area contributed by atoms with Crippen LogP contribution in [0.5, 0.6) is 0 Å². The lowest BCUT2D eigenvalue weighted by Gasteiger charge is -2.19. The SMILES string of the molecule is CN(CCCNC(=O)C1CC1c1ccccc1F)c1ccccc1. The van der Waals surface area contributed by atoms with Gasteiger partial charge in [0.1, 0.15) is 5.82 Å². The van der Waals surface area contributed by atoms with Crippen molar-refractivity contribution in [3.05, 3.63) is 66.0 Å². The Labute approximate surface area is 142 Å². The minimum absolute atomic E-state index is 0.0400. The van der Waals surface area contributed by atoms with Crippen LogP contribution in [0.4, 0.5) is 10.1 Å². The zero-order chi connectivity index (χ0) is 16.9. The minimum Gasteiger partial charge on any atom is -0.375 e. The van der Waals surface area contributed by atoms with Crippen LogP contribution < -0.4 is 10.2 Å². The van der Waals surface area contributed by atoms with Gasteiger partial charge in [-0.25, -0.2) is 4.39 Å². The number of carbonyl (C=O) groups is 1. The Morgan fingerprint density at radius 3 is 2.62 bits per heavy atom. The predicted molar refractivity (Wildman–Crippen MR) is 94.6 cm³/mol. The van der Waals surface area contributed by atoms with Crippen molar-refractivity contribution in [1.82, 2.24) is 5.32 Å². The van der Waals surface area contributed by atoms with Crippen LogP contribution in [-0.4, -0.2) is 26.0 Å². The summed E-state index contributed by atoms with van der Waals surface area (Å²) in [7, 11) is 2.05. The summed E-state index contributed by atoms with van der Waals surface area (Å²) < 4.78 is 13.7. The Hall–Kier alpha value is -2.36. The van der Waals surface area contributed by atoms with E-state index >= 15 is 0 Å².